The number of aliphatic carboxylic acids is 1. The fourth-order valence-corrected chi connectivity index (χ4v) is 5.43. The molecular weight excluding hydrogens is 631 g/mol. The Kier molecular flexibility index (Phi) is 15.1. The molecule has 246 valence electrons. The number of Topliss-reactive ketones (excluding diaryl/α,β-unsaturated/α-hetero) is 1. The minimum Gasteiger partial charge on any atom is -0.494 e. The summed E-state index contributed by atoms with van der Waals surface area (Å²) < 4.78 is 30.0. The zero-order valence-corrected chi connectivity index (χ0v) is 27.3. The molecular formula is C31H38ClFN2O9S. The molecule has 2 unspecified atom stereocenters. The molecule has 0 spiro atoms. The second-order valence-corrected chi connectivity index (χ2v) is 11.7. The lowest BCUT2D eigenvalue weighted by Crippen LogP contribution is -2.54. The predicted octanol–water partition coefficient (Wildman–Crippen LogP) is 3.96. The molecule has 0 aliphatic carbocycles. The van der Waals surface area contributed by atoms with Crippen molar-refractivity contribution in [1.82, 2.24) is 10.6 Å². The Bertz CT molecular complexity index is 1350. The van der Waals surface area contributed by atoms with E-state index in [9.17, 15) is 33.5 Å². The molecule has 0 radical (unpaired) electrons. The molecule has 2 aromatic carbocycles. The van der Waals surface area contributed by atoms with Crippen LogP contribution in [0.25, 0.3) is 0 Å². The van der Waals surface area contributed by atoms with E-state index in [1.807, 2.05) is 0 Å². The third-order valence-electron chi connectivity index (χ3n) is 6.43. The van der Waals surface area contributed by atoms with Crippen molar-refractivity contribution in [3.63, 3.8) is 0 Å². The number of carbonyl (C=O) groups is 5. The molecule has 11 nitrogen and oxygen atoms in total. The van der Waals surface area contributed by atoms with Crippen LogP contribution in [0.2, 0.25) is 5.02 Å². The Labute approximate surface area is 270 Å². The molecule has 45 heavy (non-hydrogen) atoms. The zero-order valence-electron chi connectivity index (χ0n) is 25.7. The van der Waals surface area contributed by atoms with E-state index in [4.69, 9.17) is 21.1 Å². The molecule has 0 saturated carbocycles. The summed E-state index contributed by atoms with van der Waals surface area (Å²) in [6.45, 7) is 6.96. The van der Waals surface area contributed by atoms with E-state index < -0.39 is 65.9 Å². The third-order valence-corrected chi connectivity index (χ3v) is 7.77. The van der Waals surface area contributed by atoms with Gasteiger partial charge in [0.1, 0.15) is 23.4 Å². The van der Waals surface area contributed by atoms with Gasteiger partial charge in [-0.2, -0.15) is 0 Å². The van der Waals surface area contributed by atoms with Crippen LogP contribution in [-0.2, 0) is 40.9 Å². The highest BCUT2D eigenvalue weighted by molar-refractivity contribution is 7.99. The summed E-state index contributed by atoms with van der Waals surface area (Å²) in [6.07, 6.45) is -1.80. The Morgan fingerprint density at radius 3 is 2.38 bits per heavy atom. The van der Waals surface area contributed by atoms with Gasteiger partial charge in [0.05, 0.1) is 38.4 Å². The Hall–Kier alpha value is -3.84. The van der Waals surface area contributed by atoms with Crippen molar-refractivity contribution < 1.29 is 47.7 Å². The number of ketones is 1. The van der Waals surface area contributed by atoms with Gasteiger partial charge in [-0.05, 0) is 50.1 Å². The number of benzene rings is 2. The SMILES string of the molecule is CCOc1ccc(OC(C)C(=O)OC)cc1CC(=O)N[C@H](C(=O)NC(CC(=O)O)C(=O)CSCc1c(F)cccc1Cl)C(C)C. The number of carbonyl (C=O) groups excluding carboxylic acids is 4. The number of carboxylic acid groups (broad SMARTS) is 1. The van der Waals surface area contributed by atoms with Crippen molar-refractivity contribution in [2.45, 2.75) is 64.5 Å². The van der Waals surface area contributed by atoms with E-state index in [2.05, 4.69) is 15.4 Å². The number of hydrogen-bond donors (Lipinski definition) is 3. The first-order chi connectivity index (χ1) is 21.3. The topological polar surface area (TPSA) is 157 Å². The maximum atomic E-state index is 14.1. The number of rotatable bonds is 18. The lowest BCUT2D eigenvalue weighted by atomic mass is 10.0. The minimum atomic E-state index is -1.38. The van der Waals surface area contributed by atoms with Crippen LogP contribution in [0.4, 0.5) is 4.39 Å². The van der Waals surface area contributed by atoms with Crippen molar-refractivity contribution in [3.05, 3.63) is 58.4 Å². The predicted molar refractivity (Wildman–Crippen MR) is 167 cm³/mol. The number of ether oxygens (including phenoxy) is 3. The van der Waals surface area contributed by atoms with Crippen molar-refractivity contribution in [3.8, 4) is 11.5 Å². The molecule has 0 fully saturated rings. The normalized spacial score (nSPS) is 12.9. The molecule has 0 bridgehead atoms. The molecule has 2 rings (SSSR count). The maximum absolute atomic E-state index is 14.1. The zero-order chi connectivity index (χ0) is 33.7. The van der Waals surface area contributed by atoms with Gasteiger partial charge < -0.3 is 30.0 Å². The van der Waals surface area contributed by atoms with Gasteiger partial charge >= 0.3 is 11.9 Å². The lowest BCUT2D eigenvalue weighted by molar-refractivity contribution is -0.148. The first kappa shape index (κ1) is 37.3. The second-order valence-electron chi connectivity index (χ2n) is 10.3. The molecule has 3 N–H and O–H groups in total. The molecule has 3 atom stereocenters. The molecule has 0 aliphatic rings. The molecule has 0 heterocycles. The summed E-state index contributed by atoms with van der Waals surface area (Å²) in [6, 6.07) is 6.44. The van der Waals surface area contributed by atoms with E-state index >= 15 is 0 Å². The van der Waals surface area contributed by atoms with E-state index in [1.54, 1.807) is 39.0 Å². The van der Waals surface area contributed by atoms with Gasteiger partial charge in [0.25, 0.3) is 0 Å². The largest absolute Gasteiger partial charge is 0.494 e. The number of amides is 2. The van der Waals surface area contributed by atoms with E-state index in [0.29, 0.717) is 23.7 Å². The Morgan fingerprint density at radius 1 is 1.07 bits per heavy atom. The third kappa shape index (κ3) is 11.9. The van der Waals surface area contributed by atoms with Gasteiger partial charge in [-0.15, -0.1) is 11.8 Å². The van der Waals surface area contributed by atoms with E-state index in [0.717, 1.165) is 11.8 Å². The first-order valence-electron chi connectivity index (χ1n) is 14.1. The first-order valence-corrected chi connectivity index (χ1v) is 15.7. The van der Waals surface area contributed by atoms with Crippen LogP contribution in [0.15, 0.2) is 36.4 Å². The van der Waals surface area contributed by atoms with Gasteiger partial charge in [-0.3, -0.25) is 19.2 Å². The quantitative estimate of drug-likeness (QED) is 0.199. The summed E-state index contributed by atoms with van der Waals surface area (Å²) in [5.41, 5.74) is 0.638. The van der Waals surface area contributed by atoms with Crippen molar-refractivity contribution in [2.24, 2.45) is 5.92 Å². The molecule has 14 heteroatoms. The fraction of sp³-hybridized carbons (Fsp3) is 0.452. The van der Waals surface area contributed by atoms with Crippen molar-refractivity contribution >= 4 is 52.9 Å². The second kappa shape index (κ2) is 18.2. The summed E-state index contributed by atoms with van der Waals surface area (Å²) in [7, 11) is 1.24. The number of hydrogen-bond acceptors (Lipinski definition) is 9. The average Bonchev–Trinajstić information content (AvgIpc) is 2.97. The van der Waals surface area contributed by atoms with Gasteiger partial charge in [0, 0.05) is 21.9 Å². The highest BCUT2D eigenvalue weighted by atomic mass is 35.5. The van der Waals surface area contributed by atoms with Gasteiger partial charge in [0.2, 0.25) is 11.8 Å². The van der Waals surface area contributed by atoms with Crippen molar-refractivity contribution in [1.29, 1.82) is 0 Å². The Morgan fingerprint density at radius 2 is 1.78 bits per heavy atom. The summed E-state index contributed by atoms with van der Waals surface area (Å²) in [5, 5.41) is 14.7. The van der Waals surface area contributed by atoms with Crippen LogP contribution in [-0.4, -0.2) is 72.3 Å². The maximum Gasteiger partial charge on any atom is 0.346 e. The molecule has 0 aromatic heterocycles. The molecule has 0 aliphatic heterocycles. The summed E-state index contributed by atoms with van der Waals surface area (Å²) >= 11 is 7.06. The molecule has 2 aromatic rings. The molecule has 0 saturated heterocycles. The van der Waals surface area contributed by atoms with Crippen LogP contribution in [0.5, 0.6) is 11.5 Å². The average molecular weight is 669 g/mol. The summed E-state index contributed by atoms with van der Waals surface area (Å²) in [5.74, 6) is -4.20. The number of nitrogens with one attached hydrogen (secondary N) is 2. The van der Waals surface area contributed by atoms with Crippen LogP contribution in [0.3, 0.4) is 0 Å². The van der Waals surface area contributed by atoms with E-state index in [-0.39, 0.29) is 28.5 Å². The van der Waals surface area contributed by atoms with Crippen LogP contribution in [0.1, 0.15) is 45.2 Å². The Balaban J connectivity index is 2.13. The number of methoxy groups -OCH3 is 1. The number of carboxylic acids is 1. The van der Waals surface area contributed by atoms with Gasteiger partial charge in [-0.25, -0.2) is 9.18 Å². The summed E-state index contributed by atoms with van der Waals surface area (Å²) in [4.78, 5) is 62.6. The fourth-order valence-electron chi connectivity index (χ4n) is 4.12. The van der Waals surface area contributed by atoms with Crippen LogP contribution >= 0.6 is 23.4 Å². The number of esters is 1. The number of thioether (sulfide) groups is 1. The van der Waals surface area contributed by atoms with Crippen molar-refractivity contribution in [2.75, 3.05) is 19.5 Å². The highest BCUT2D eigenvalue weighted by Gasteiger charge is 2.30. The minimum absolute atomic E-state index is 0.0627. The molecule has 2 amide bonds. The van der Waals surface area contributed by atoms with Crippen LogP contribution < -0.4 is 20.1 Å². The standard InChI is InChI=1S/C31H38ClFN2O9S/c1-6-43-26-11-10-20(44-18(4)31(41)42-5)12-19(26)13-27(37)35-29(17(2)3)30(40)34-24(14-28(38)39)25(36)16-45-15-21-22(32)8-7-9-23(21)33/h7-12,17-18,24,29H,6,13-16H2,1-5H3,(H,34,40)(H,35,37)(H,38,39)/t18?,24?,29-/m0/s1. The van der Waals surface area contributed by atoms with Gasteiger partial charge in [-0.1, -0.05) is 31.5 Å². The monoisotopic (exact) mass is 668 g/mol. The lowest BCUT2D eigenvalue weighted by Gasteiger charge is -2.25. The van der Waals surface area contributed by atoms with Gasteiger partial charge in [0.15, 0.2) is 11.9 Å². The number of halogens is 2. The van der Waals surface area contributed by atoms with Crippen LogP contribution in [0, 0.1) is 11.7 Å². The van der Waals surface area contributed by atoms with E-state index in [1.165, 1.54) is 32.2 Å². The smallest absolute Gasteiger partial charge is 0.346 e. The highest BCUT2D eigenvalue weighted by Crippen LogP contribution is 2.27.